The van der Waals surface area contributed by atoms with Crippen LogP contribution in [0.25, 0.3) is 0 Å². The molecule has 4 heterocycles. The zero-order valence-corrected chi connectivity index (χ0v) is 17.7. The number of nitrogens with zero attached hydrogens (tertiary/aromatic N) is 3. The maximum Gasteiger partial charge on any atom is 0.257 e. The normalized spacial score (nSPS) is 21.2. The van der Waals surface area contributed by atoms with E-state index in [-0.39, 0.29) is 24.7 Å². The van der Waals surface area contributed by atoms with Gasteiger partial charge in [0.05, 0.1) is 30.6 Å². The van der Waals surface area contributed by atoms with Crippen LogP contribution in [0.1, 0.15) is 40.0 Å². The SMILES string of the molecule is COc1ccc(Cc2noc(C3CCS(=O)(=O)C34CN(C(=O)c3ccoc3)C4)n2)cc1. The fraction of sp³-hybridized carbons (Fsp3) is 0.381. The van der Waals surface area contributed by atoms with Gasteiger partial charge in [0.15, 0.2) is 15.7 Å². The third kappa shape index (κ3) is 3.21. The maximum atomic E-state index is 12.9. The first-order chi connectivity index (χ1) is 14.9. The van der Waals surface area contributed by atoms with E-state index >= 15 is 0 Å². The van der Waals surface area contributed by atoms with Crippen LogP contribution in [0.3, 0.4) is 0 Å². The molecule has 0 N–H and O–H groups in total. The number of aromatic nitrogens is 2. The minimum absolute atomic E-state index is 0.0433. The number of hydrogen-bond acceptors (Lipinski definition) is 8. The van der Waals surface area contributed by atoms with Crippen molar-refractivity contribution < 1.29 is 26.9 Å². The van der Waals surface area contributed by atoms with E-state index in [9.17, 15) is 13.2 Å². The molecular formula is C21H21N3O6S. The smallest absolute Gasteiger partial charge is 0.257 e. The van der Waals surface area contributed by atoms with Crippen molar-refractivity contribution in [1.82, 2.24) is 15.0 Å². The molecule has 1 spiro atoms. The summed E-state index contributed by atoms with van der Waals surface area (Å²) in [4.78, 5) is 18.6. The summed E-state index contributed by atoms with van der Waals surface area (Å²) in [6, 6.07) is 9.12. The molecule has 0 radical (unpaired) electrons. The second kappa shape index (κ2) is 7.23. The Kier molecular flexibility index (Phi) is 4.62. The van der Waals surface area contributed by atoms with Crippen molar-refractivity contribution in [1.29, 1.82) is 0 Å². The lowest BCUT2D eigenvalue weighted by atomic mass is 9.82. The summed E-state index contributed by atoms with van der Waals surface area (Å²) in [5, 5.41) is 4.06. The molecule has 1 unspecified atom stereocenters. The van der Waals surface area contributed by atoms with E-state index in [1.54, 1.807) is 13.2 Å². The molecule has 2 aliphatic rings. The van der Waals surface area contributed by atoms with E-state index < -0.39 is 20.5 Å². The van der Waals surface area contributed by atoms with E-state index in [1.807, 2.05) is 24.3 Å². The first kappa shape index (κ1) is 19.8. The summed E-state index contributed by atoms with van der Waals surface area (Å²) in [7, 11) is -1.79. The molecule has 1 amide bonds. The van der Waals surface area contributed by atoms with Crippen LogP contribution in [0, 0.1) is 0 Å². The highest BCUT2D eigenvalue weighted by Gasteiger charge is 2.64. The largest absolute Gasteiger partial charge is 0.497 e. The molecule has 1 atom stereocenters. The van der Waals surface area contributed by atoms with E-state index in [4.69, 9.17) is 13.7 Å². The van der Waals surface area contributed by atoms with Gasteiger partial charge in [0.1, 0.15) is 16.8 Å². The molecule has 10 heteroatoms. The second-order valence-electron chi connectivity index (χ2n) is 7.97. The molecule has 2 aromatic heterocycles. The molecule has 31 heavy (non-hydrogen) atoms. The van der Waals surface area contributed by atoms with Crippen LogP contribution in [0.5, 0.6) is 5.75 Å². The third-order valence-corrected chi connectivity index (χ3v) is 8.76. The number of amides is 1. The standard InChI is InChI=1S/C21H21N3O6S/c1-28-16-4-2-14(3-5-16)10-18-22-19(30-23-18)17-7-9-31(26,27)21(17)12-24(13-21)20(25)15-6-8-29-11-15/h2-6,8,11,17H,7,9-10,12-13H2,1H3. The number of carbonyl (C=O) groups excluding carboxylic acids is 1. The lowest BCUT2D eigenvalue weighted by Gasteiger charge is -2.48. The quantitative estimate of drug-likeness (QED) is 0.588. The molecule has 2 fully saturated rings. The lowest BCUT2D eigenvalue weighted by molar-refractivity contribution is 0.0503. The van der Waals surface area contributed by atoms with Crippen LogP contribution in [0.4, 0.5) is 0 Å². The van der Waals surface area contributed by atoms with Gasteiger partial charge in [-0.15, -0.1) is 0 Å². The van der Waals surface area contributed by atoms with Crippen LogP contribution in [-0.2, 0) is 16.3 Å². The van der Waals surface area contributed by atoms with Gasteiger partial charge in [0.2, 0.25) is 5.89 Å². The fourth-order valence-corrected chi connectivity index (χ4v) is 6.75. The number of furan rings is 1. The van der Waals surface area contributed by atoms with Crippen LogP contribution in [0.15, 0.2) is 51.8 Å². The number of ether oxygens (including phenoxy) is 1. The van der Waals surface area contributed by atoms with Gasteiger partial charge in [-0.1, -0.05) is 17.3 Å². The van der Waals surface area contributed by atoms with E-state index in [0.29, 0.717) is 30.1 Å². The monoisotopic (exact) mass is 443 g/mol. The molecular weight excluding hydrogens is 422 g/mol. The van der Waals surface area contributed by atoms with Crippen molar-refractivity contribution in [3.05, 3.63) is 65.7 Å². The van der Waals surface area contributed by atoms with Crippen LogP contribution in [0.2, 0.25) is 0 Å². The highest BCUT2D eigenvalue weighted by Crippen LogP contribution is 2.49. The first-order valence-corrected chi connectivity index (χ1v) is 11.6. The molecule has 9 nitrogen and oxygen atoms in total. The summed E-state index contributed by atoms with van der Waals surface area (Å²) in [6.07, 6.45) is 3.64. The molecule has 162 valence electrons. The fourth-order valence-electron chi connectivity index (χ4n) is 4.44. The molecule has 5 rings (SSSR count). The molecule has 2 aliphatic heterocycles. The number of rotatable bonds is 5. The third-order valence-electron chi connectivity index (χ3n) is 6.21. The molecule has 0 aliphatic carbocycles. The Hall–Kier alpha value is -3.14. The van der Waals surface area contributed by atoms with Crippen molar-refractivity contribution in [3.63, 3.8) is 0 Å². The zero-order chi connectivity index (χ0) is 21.6. The van der Waals surface area contributed by atoms with Gasteiger partial charge in [-0.25, -0.2) is 8.42 Å². The number of methoxy groups -OCH3 is 1. The minimum atomic E-state index is -3.40. The summed E-state index contributed by atoms with van der Waals surface area (Å²) >= 11 is 0. The zero-order valence-electron chi connectivity index (χ0n) is 16.9. The number of hydrogen-bond donors (Lipinski definition) is 0. The van der Waals surface area contributed by atoms with Gasteiger partial charge in [0.25, 0.3) is 5.91 Å². The Labute approximate surface area is 178 Å². The molecule has 0 saturated carbocycles. The molecule has 3 aromatic rings. The molecule has 0 bridgehead atoms. The van der Waals surface area contributed by atoms with E-state index in [0.717, 1.165) is 11.3 Å². The second-order valence-corrected chi connectivity index (χ2v) is 10.4. The Morgan fingerprint density at radius 1 is 1.26 bits per heavy atom. The van der Waals surface area contributed by atoms with Gasteiger partial charge in [-0.3, -0.25) is 4.79 Å². The van der Waals surface area contributed by atoms with Crippen LogP contribution in [-0.4, -0.2) is 60.1 Å². The highest BCUT2D eigenvalue weighted by molar-refractivity contribution is 7.93. The molecule has 2 saturated heterocycles. The lowest BCUT2D eigenvalue weighted by Crippen LogP contribution is -2.67. The summed E-state index contributed by atoms with van der Waals surface area (Å²) < 4.78 is 40.3. The number of carbonyl (C=O) groups is 1. The first-order valence-electron chi connectivity index (χ1n) is 9.91. The number of benzene rings is 1. The van der Waals surface area contributed by atoms with Crippen molar-refractivity contribution in [2.45, 2.75) is 23.5 Å². The predicted octanol–water partition coefficient (Wildman–Crippen LogP) is 2.06. The number of likely N-dealkylation sites (tertiary alicyclic amines) is 1. The van der Waals surface area contributed by atoms with Gasteiger partial charge in [-0.05, 0) is 30.2 Å². The van der Waals surface area contributed by atoms with Crippen LogP contribution < -0.4 is 4.74 Å². The van der Waals surface area contributed by atoms with E-state index in [1.165, 1.54) is 17.4 Å². The minimum Gasteiger partial charge on any atom is -0.497 e. The predicted molar refractivity (Wildman–Crippen MR) is 109 cm³/mol. The van der Waals surface area contributed by atoms with Crippen molar-refractivity contribution in [3.8, 4) is 5.75 Å². The number of sulfone groups is 1. The summed E-state index contributed by atoms with van der Waals surface area (Å²) in [5.41, 5.74) is 1.39. The van der Waals surface area contributed by atoms with Crippen molar-refractivity contribution >= 4 is 15.7 Å². The van der Waals surface area contributed by atoms with E-state index in [2.05, 4.69) is 10.1 Å². The molecule has 1 aromatic carbocycles. The topological polar surface area (TPSA) is 116 Å². The van der Waals surface area contributed by atoms with Gasteiger partial charge >= 0.3 is 0 Å². The van der Waals surface area contributed by atoms with Crippen molar-refractivity contribution in [2.75, 3.05) is 26.0 Å². The summed E-state index contributed by atoms with van der Waals surface area (Å²) in [6.45, 7) is 0.223. The Bertz CT molecular complexity index is 1190. The van der Waals surface area contributed by atoms with Crippen LogP contribution >= 0.6 is 0 Å². The average Bonchev–Trinajstić information content (AvgIpc) is 3.46. The Morgan fingerprint density at radius 2 is 2.03 bits per heavy atom. The van der Waals surface area contributed by atoms with Gasteiger partial charge in [-0.2, -0.15) is 4.98 Å². The Balaban J connectivity index is 1.34. The van der Waals surface area contributed by atoms with Crippen molar-refractivity contribution in [2.24, 2.45) is 0 Å². The maximum absolute atomic E-state index is 12.9. The van der Waals surface area contributed by atoms with Gasteiger partial charge < -0.3 is 18.6 Å². The highest BCUT2D eigenvalue weighted by atomic mass is 32.2. The Morgan fingerprint density at radius 3 is 2.71 bits per heavy atom. The average molecular weight is 443 g/mol. The van der Waals surface area contributed by atoms with Gasteiger partial charge in [0, 0.05) is 19.5 Å². The summed E-state index contributed by atoms with van der Waals surface area (Å²) in [5.74, 6) is 0.941.